The first-order chi connectivity index (χ1) is 15.5. The van der Waals surface area contributed by atoms with E-state index in [2.05, 4.69) is 50.7 Å². The van der Waals surface area contributed by atoms with Crippen LogP contribution in [0.5, 0.6) is 5.88 Å². The van der Waals surface area contributed by atoms with Gasteiger partial charge in [0.05, 0.1) is 0 Å². The second-order valence-electron chi connectivity index (χ2n) is 8.77. The zero-order valence-corrected chi connectivity index (χ0v) is 18.7. The standard InChI is InChI=1S/C24H28N6O2/c1-15(2)26-24-29-28-23(32-24)17-7-6-16-8-9-19(20(16)13-17)22-25-11-10-21(27-22)31-18-5-4-12-30(3)14-18/h6-7,9-11,13,15,18H,4-5,8,12,14H2,1-3H3,(H,26,29). The van der Waals surface area contributed by atoms with Gasteiger partial charge < -0.3 is 19.4 Å². The van der Waals surface area contributed by atoms with Crippen molar-refractivity contribution in [1.82, 2.24) is 25.1 Å². The second-order valence-corrected chi connectivity index (χ2v) is 8.77. The van der Waals surface area contributed by atoms with Crippen LogP contribution >= 0.6 is 0 Å². The van der Waals surface area contributed by atoms with E-state index in [1.54, 1.807) is 6.20 Å². The summed E-state index contributed by atoms with van der Waals surface area (Å²) < 4.78 is 12.0. The highest BCUT2D eigenvalue weighted by Gasteiger charge is 2.22. The lowest BCUT2D eigenvalue weighted by molar-refractivity contribution is 0.0998. The van der Waals surface area contributed by atoms with Crippen LogP contribution in [0.4, 0.5) is 6.01 Å². The minimum Gasteiger partial charge on any atom is -0.473 e. The third-order valence-corrected chi connectivity index (χ3v) is 5.75. The fraction of sp³-hybridized carbons (Fsp3) is 0.417. The quantitative estimate of drug-likeness (QED) is 0.629. The summed E-state index contributed by atoms with van der Waals surface area (Å²) in [4.78, 5) is 11.6. The van der Waals surface area contributed by atoms with Gasteiger partial charge in [0.1, 0.15) is 6.10 Å². The number of fused-ring (bicyclic) bond motifs is 1. The molecule has 2 aromatic heterocycles. The molecule has 5 rings (SSSR count). The summed E-state index contributed by atoms with van der Waals surface area (Å²) >= 11 is 0. The molecular formula is C24H28N6O2. The monoisotopic (exact) mass is 432 g/mol. The summed E-state index contributed by atoms with van der Waals surface area (Å²) in [5.74, 6) is 1.79. The molecule has 1 aliphatic heterocycles. The maximum atomic E-state index is 6.18. The molecule has 3 heterocycles. The van der Waals surface area contributed by atoms with Gasteiger partial charge in [0.2, 0.25) is 11.8 Å². The highest BCUT2D eigenvalue weighted by Crippen LogP contribution is 2.35. The predicted octanol–water partition coefficient (Wildman–Crippen LogP) is 3.81. The first kappa shape index (κ1) is 20.6. The van der Waals surface area contributed by atoms with Gasteiger partial charge in [-0.25, -0.2) is 4.98 Å². The second kappa shape index (κ2) is 8.70. The van der Waals surface area contributed by atoms with Gasteiger partial charge in [-0.05, 0) is 70.0 Å². The van der Waals surface area contributed by atoms with Crippen molar-refractivity contribution >= 4 is 11.6 Å². The van der Waals surface area contributed by atoms with E-state index in [4.69, 9.17) is 14.1 Å². The minimum absolute atomic E-state index is 0.166. The van der Waals surface area contributed by atoms with Gasteiger partial charge in [0.15, 0.2) is 5.82 Å². The van der Waals surface area contributed by atoms with Crippen LogP contribution in [-0.2, 0) is 6.42 Å². The fourth-order valence-corrected chi connectivity index (χ4v) is 4.24. The Labute approximate surface area is 187 Å². The maximum Gasteiger partial charge on any atom is 0.315 e. The molecule has 1 aromatic carbocycles. The van der Waals surface area contributed by atoms with Gasteiger partial charge >= 0.3 is 6.01 Å². The van der Waals surface area contributed by atoms with Crippen molar-refractivity contribution < 1.29 is 9.15 Å². The Kier molecular flexibility index (Phi) is 5.61. The van der Waals surface area contributed by atoms with E-state index in [9.17, 15) is 0 Å². The van der Waals surface area contributed by atoms with E-state index >= 15 is 0 Å². The molecule has 1 fully saturated rings. The summed E-state index contributed by atoms with van der Waals surface area (Å²) in [5.41, 5.74) is 4.20. The lowest BCUT2D eigenvalue weighted by Gasteiger charge is -2.29. The molecule has 166 valence electrons. The van der Waals surface area contributed by atoms with Gasteiger partial charge in [0.25, 0.3) is 0 Å². The Balaban J connectivity index is 1.38. The van der Waals surface area contributed by atoms with Crippen LogP contribution in [0.15, 0.2) is 41.0 Å². The van der Waals surface area contributed by atoms with Gasteiger partial charge in [-0.15, -0.1) is 5.10 Å². The first-order valence-electron chi connectivity index (χ1n) is 11.2. The normalized spacial score (nSPS) is 18.5. The maximum absolute atomic E-state index is 6.18. The van der Waals surface area contributed by atoms with E-state index < -0.39 is 0 Å². The topological polar surface area (TPSA) is 89.2 Å². The summed E-state index contributed by atoms with van der Waals surface area (Å²) in [6, 6.07) is 8.68. The summed E-state index contributed by atoms with van der Waals surface area (Å²) in [7, 11) is 2.13. The first-order valence-corrected chi connectivity index (χ1v) is 11.2. The van der Waals surface area contributed by atoms with E-state index in [-0.39, 0.29) is 12.1 Å². The van der Waals surface area contributed by atoms with Gasteiger partial charge in [-0.1, -0.05) is 17.2 Å². The highest BCUT2D eigenvalue weighted by molar-refractivity contribution is 5.83. The fourth-order valence-electron chi connectivity index (χ4n) is 4.24. The third kappa shape index (κ3) is 4.36. The van der Waals surface area contributed by atoms with Crippen molar-refractivity contribution in [3.8, 4) is 17.3 Å². The number of likely N-dealkylation sites (N-methyl/N-ethyl adjacent to an activating group) is 1. The molecule has 0 radical (unpaired) electrons. The smallest absolute Gasteiger partial charge is 0.315 e. The van der Waals surface area contributed by atoms with E-state index in [1.807, 2.05) is 26.0 Å². The Morgan fingerprint density at radius 2 is 2.12 bits per heavy atom. The zero-order chi connectivity index (χ0) is 22.1. The molecule has 8 nitrogen and oxygen atoms in total. The average molecular weight is 433 g/mol. The summed E-state index contributed by atoms with van der Waals surface area (Å²) in [6.07, 6.45) is 7.15. The number of benzene rings is 1. The highest BCUT2D eigenvalue weighted by atomic mass is 16.5. The van der Waals surface area contributed by atoms with Crippen molar-refractivity contribution in [3.63, 3.8) is 0 Å². The molecule has 1 N–H and O–H groups in total. The molecule has 1 atom stereocenters. The van der Waals surface area contributed by atoms with Crippen LogP contribution in [-0.4, -0.2) is 57.3 Å². The lowest BCUT2D eigenvalue weighted by atomic mass is 10.0. The summed E-state index contributed by atoms with van der Waals surface area (Å²) in [5, 5.41) is 11.4. The van der Waals surface area contributed by atoms with Crippen LogP contribution in [0, 0.1) is 0 Å². The number of nitrogens with zero attached hydrogens (tertiary/aromatic N) is 5. The van der Waals surface area contributed by atoms with Crippen LogP contribution in [0.25, 0.3) is 17.0 Å². The molecule has 32 heavy (non-hydrogen) atoms. The number of rotatable bonds is 6. The van der Waals surface area contributed by atoms with Crippen LogP contribution < -0.4 is 10.1 Å². The molecular weight excluding hydrogens is 404 g/mol. The minimum atomic E-state index is 0.166. The van der Waals surface area contributed by atoms with E-state index in [0.717, 1.165) is 49.1 Å². The van der Waals surface area contributed by atoms with Gasteiger partial charge in [-0.2, -0.15) is 4.98 Å². The molecule has 0 bridgehead atoms. The van der Waals surface area contributed by atoms with Crippen LogP contribution in [0.2, 0.25) is 0 Å². The Bertz CT molecular complexity index is 1140. The van der Waals surface area contributed by atoms with Crippen molar-refractivity contribution in [2.45, 2.75) is 45.3 Å². The third-order valence-electron chi connectivity index (χ3n) is 5.75. The van der Waals surface area contributed by atoms with Crippen molar-refractivity contribution in [2.24, 2.45) is 0 Å². The van der Waals surface area contributed by atoms with Crippen molar-refractivity contribution in [3.05, 3.63) is 53.5 Å². The number of anilines is 1. The zero-order valence-electron chi connectivity index (χ0n) is 18.7. The number of likely N-dealkylation sites (tertiary alicyclic amines) is 1. The number of hydrogen-bond acceptors (Lipinski definition) is 8. The molecule has 2 aliphatic rings. The lowest BCUT2D eigenvalue weighted by Crippen LogP contribution is -2.38. The molecule has 8 heteroatoms. The molecule has 0 saturated carbocycles. The van der Waals surface area contributed by atoms with E-state index in [0.29, 0.717) is 23.6 Å². The average Bonchev–Trinajstić information content (AvgIpc) is 3.40. The van der Waals surface area contributed by atoms with Gasteiger partial charge in [0, 0.05) is 36.0 Å². The molecule has 3 aromatic rings. The van der Waals surface area contributed by atoms with Gasteiger partial charge in [-0.3, -0.25) is 0 Å². The number of ether oxygens (including phenoxy) is 1. The predicted molar refractivity (Wildman–Crippen MR) is 122 cm³/mol. The van der Waals surface area contributed by atoms with E-state index in [1.165, 1.54) is 5.56 Å². The molecule has 1 aliphatic carbocycles. The molecule has 0 amide bonds. The number of nitrogens with one attached hydrogen (secondary N) is 1. The number of aromatic nitrogens is 4. The van der Waals surface area contributed by atoms with Crippen molar-refractivity contribution in [2.75, 3.05) is 25.5 Å². The SMILES string of the molecule is CC(C)Nc1nnc(-c2ccc3c(c2)C(c2nccc(OC4CCCN(C)C4)n2)=CC3)o1. The number of piperidine rings is 1. The number of allylic oxidation sites excluding steroid dienone is 1. The Morgan fingerprint density at radius 1 is 1.22 bits per heavy atom. The van der Waals surface area contributed by atoms with Crippen LogP contribution in [0.3, 0.4) is 0 Å². The number of hydrogen-bond donors (Lipinski definition) is 1. The Morgan fingerprint density at radius 3 is 2.97 bits per heavy atom. The van der Waals surface area contributed by atoms with Crippen molar-refractivity contribution in [1.29, 1.82) is 0 Å². The molecule has 0 spiro atoms. The molecule has 1 unspecified atom stereocenters. The molecule has 1 saturated heterocycles. The summed E-state index contributed by atoms with van der Waals surface area (Å²) in [6.45, 7) is 6.10. The largest absolute Gasteiger partial charge is 0.473 e. The van der Waals surface area contributed by atoms with Crippen LogP contribution in [0.1, 0.15) is 43.6 Å². The Hall–Kier alpha value is -3.26.